The number of hydrogen-bond acceptors (Lipinski definition) is 5. The first-order chi connectivity index (χ1) is 8.68. The number of carbonyl (C=O) groups is 3. The molecule has 94 valence electrons. The van der Waals surface area contributed by atoms with Crippen LogP contribution in [0.2, 0.25) is 0 Å². The molecule has 7 nitrogen and oxygen atoms in total. The molecule has 0 bridgehead atoms. The number of urea groups is 1. The Hall–Kier alpha value is -2.44. The van der Waals surface area contributed by atoms with E-state index in [1.54, 1.807) is 12.1 Å². The summed E-state index contributed by atoms with van der Waals surface area (Å²) in [4.78, 5) is 39.0. The van der Waals surface area contributed by atoms with Gasteiger partial charge in [-0.2, -0.15) is 0 Å². The zero-order valence-electron chi connectivity index (χ0n) is 9.46. The van der Waals surface area contributed by atoms with Gasteiger partial charge in [0.2, 0.25) is 0 Å². The van der Waals surface area contributed by atoms with Gasteiger partial charge in [-0.25, -0.2) is 14.6 Å². The van der Waals surface area contributed by atoms with Crippen molar-refractivity contribution in [2.45, 2.75) is 0 Å². The van der Waals surface area contributed by atoms with Crippen LogP contribution in [0.25, 0.3) is 0 Å². The van der Waals surface area contributed by atoms with Crippen LogP contribution in [-0.4, -0.2) is 47.5 Å². The van der Waals surface area contributed by atoms with Crippen molar-refractivity contribution in [1.29, 1.82) is 0 Å². The van der Waals surface area contributed by atoms with Crippen molar-refractivity contribution in [3.63, 3.8) is 0 Å². The Balaban J connectivity index is 1.86. The number of carbonyl (C=O) groups excluding carboxylic acids is 3. The Morgan fingerprint density at radius 2 is 2.28 bits per heavy atom. The minimum absolute atomic E-state index is 0.121. The van der Waals surface area contributed by atoms with E-state index in [0.717, 1.165) is 4.90 Å². The van der Waals surface area contributed by atoms with Crippen molar-refractivity contribution in [2.24, 2.45) is 0 Å². The molecular weight excluding hydrogens is 238 g/mol. The van der Waals surface area contributed by atoms with E-state index in [1.807, 2.05) is 0 Å². The zero-order valence-corrected chi connectivity index (χ0v) is 9.46. The predicted octanol–water partition coefficient (Wildman–Crippen LogP) is -0.210. The number of nitrogens with zero attached hydrogens (tertiary/aromatic N) is 2. The maximum absolute atomic E-state index is 11.6. The SMILES string of the molecule is O=C(OCC(=O)N1CCNC1=O)c1ccccn1. The Kier molecular flexibility index (Phi) is 3.52. The zero-order chi connectivity index (χ0) is 13.0. The molecular formula is C11H11N3O4. The van der Waals surface area contributed by atoms with Gasteiger partial charge in [0.1, 0.15) is 5.69 Å². The molecule has 1 N–H and O–H groups in total. The van der Waals surface area contributed by atoms with Gasteiger partial charge in [-0.1, -0.05) is 6.07 Å². The number of amides is 3. The van der Waals surface area contributed by atoms with Gasteiger partial charge in [0.25, 0.3) is 5.91 Å². The topological polar surface area (TPSA) is 88.6 Å². The summed E-state index contributed by atoms with van der Waals surface area (Å²) in [7, 11) is 0. The Bertz CT molecular complexity index is 474. The average Bonchev–Trinajstić information content (AvgIpc) is 2.83. The van der Waals surface area contributed by atoms with Gasteiger partial charge < -0.3 is 10.1 Å². The van der Waals surface area contributed by atoms with Crippen molar-refractivity contribution in [3.05, 3.63) is 30.1 Å². The van der Waals surface area contributed by atoms with Crippen molar-refractivity contribution in [2.75, 3.05) is 19.7 Å². The Morgan fingerprint density at radius 3 is 2.89 bits per heavy atom. The van der Waals surface area contributed by atoms with Crippen LogP contribution in [0.15, 0.2) is 24.4 Å². The third-order valence-electron chi connectivity index (χ3n) is 2.36. The molecule has 0 radical (unpaired) electrons. The smallest absolute Gasteiger partial charge is 0.357 e. The van der Waals surface area contributed by atoms with Crippen molar-refractivity contribution < 1.29 is 19.1 Å². The molecule has 2 rings (SSSR count). The van der Waals surface area contributed by atoms with Gasteiger partial charge in [0.05, 0.1) is 0 Å². The van der Waals surface area contributed by atoms with Gasteiger partial charge in [-0.15, -0.1) is 0 Å². The molecule has 7 heteroatoms. The minimum Gasteiger partial charge on any atom is -0.451 e. The van der Waals surface area contributed by atoms with Crippen LogP contribution in [0, 0.1) is 0 Å². The number of nitrogens with one attached hydrogen (secondary N) is 1. The van der Waals surface area contributed by atoms with Crippen molar-refractivity contribution in [3.8, 4) is 0 Å². The highest BCUT2D eigenvalue weighted by Crippen LogP contribution is 2.00. The lowest BCUT2D eigenvalue weighted by Gasteiger charge is -2.11. The van der Waals surface area contributed by atoms with E-state index < -0.39 is 24.5 Å². The first kappa shape index (κ1) is 12.0. The number of pyridine rings is 1. The number of esters is 1. The number of hydrogen-bond donors (Lipinski definition) is 1. The highest BCUT2D eigenvalue weighted by atomic mass is 16.5. The summed E-state index contributed by atoms with van der Waals surface area (Å²) in [5.74, 6) is -1.24. The van der Waals surface area contributed by atoms with Crippen LogP contribution in [0.5, 0.6) is 0 Å². The summed E-state index contributed by atoms with van der Waals surface area (Å²) in [5, 5.41) is 2.48. The molecule has 0 aromatic carbocycles. The second kappa shape index (κ2) is 5.26. The first-order valence-electron chi connectivity index (χ1n) is 5.35. The molecule has 0 unspecified atom stereocenters. The second-order valence-electron chi connectivity index (χ2n) is 3.57. The number of imide groups is 1. The molecule has 0 aliphatic carbocycles. The van der Waals surface area contributed by atoms with Crippen molar-refractivity contribution in [1.82, 2.24) is 15.2 Å². The third kappa shape index (κ3) is 2.62. The van der Waals surface area contributed by atoms with Gasteiger partial charge in [-0.05, 0) is 12.1 Å². The van der Waals surface area contributed by atoms with Gasteiger partial charge >= 0.3 is 12.0 Å². The fourth-order valence-corrected chi connectivity index (χ4v) is 1.47. The lowest BCUT2D eigenvalue weighted by atomic mass is 10.3. The highest BCUT2D eigenvalue weighted by Gasteiger charge is 2.26. The van der Waals surface area contributed by atoms with E-state index in [1.165, 1.54) is 12.3 Å². The van der Waals surface area contributed by atoms with Crippen LogP contribution in [0.3, 0.4) is 0 Å². The Labute approximate surface area is 103 Å². The van der Waals surface area contributed by atoms with E-state index in [4.69, 9.17) is 4.74 Å². The minimum atomic E-state index is -0.691. The number of rotatable bonds is 3. The maximum Gasteiger partial charge on any atom is 0.357 e. The molecule has 0 spiro atoms. The summed E-state index contributed by atoms with van der Waals surface area (Å²) >= 11 is 0. The summed E-state index contributed by atoms with van der Waals surface area (Å²) in [6.07, 6.45) is 1.45. The molecule has 2 heterocycles. The summed E-state index contributed by atoms with van der Waals surface area (Å²) < 4.78 is 4.78. The van der Waals surface area contributed by atoms with Gasteiger partial charge in [0.15, 0.2) is 6.61 Å². The lowest BCUT2D eigenvalue weighted by molar-refractivity contribution is -0.130. The largest absolute Gasteiger partial charge is 0.451 e. The van der Waals surface area contributed by atoms with Crippen LogP contribution in [-0.2, 0) is 9.53 Å². The Morgan fingerprint density at radius 1 is 1.44 bits per heavy atom. The van der Waals surface area contributed by atoms with Crippen LogP contribution in [0.4, 0.5) is 4.79 Å². The summed E-state index contributed by atoms with van der Waals surface area (Å²) in [5.41, 5.74) is 0.121. The van der Waals surface area contributed by atoms with E-state index in [2.05, 4.69) is 10.3 Å². The molecule has 1 aromatic heterocycles. The monoisotopic (exact) mass is 249 g/mol. The molecule has 0 saturated carbocycles. The standard InChI is InChI=1S/C11H11N3O4/c15-9(14-6-5-13-11(14)17)7-18-10(16)8-3-1-2-4-12-8/h1-4H,5-7H2,(H,13,17). The summed E-state index contributed by atoms with van der Waals surface area (Å²) in [6, 6.07) is 4.32. The molecule has 1 saturated heterocycles. The van der Waals surface area contributed by atoms with Crippen LogP contribution < -0.4 is 5.32 Å². The van der Waals surface area contributed by atoms with Gasteiger partial charge in [-0.3, -0.25) is 9.69 Å². The van der Waals surface area contributed by atoms with E-state index in [-0.39, 0.29) is 5.69 Å². The predicted molar refractivity (Wildman–Crippen MR) is 59.6 cm³/mol. The number of aromatic nitrogens is 1. The number of ether oxygens (including phenoxy) is 1. The lowest BCUT2D eigenvalue weighted by Crippen LogP contribution is -2.37. The molecule has 1 aromatic rings. The van der Waals surface area contributed by atoms with Crippen LogP contribution >= 0.6 is 0 Å². The fourth-order valence-electron chi connectivity index (χ4n) is 1.47. The highest BCUT2D eigenvalue weighted by molar-refractivity contribution is 5.97. The fraction of sp³-hybridized carbons (Fsp3) is 0.273. The van der Waals surface area contributed by atoms with Crippen molar-refractivity contribution >= 4 is 17.9 Å². The molecule has 1 aliphatic rings. The maximum atomic E-state index is 11.6. The normalized spacial score (nSPS) is 14.2. The molecule has 0 atom stereocenters. The molecule has 1 aliphatic heterocycles. The molecule has 1 fully saturated rings. The molecule has 18 heavy (non-hydrogen) atoms. The average molecular weight is 249 g/mol. The third-order valence-corrected chi connectivity index (χ3v) is 2.36. The summed E-state index contributed by atoms with van der Waals surface area (Å²) in [6.45, 7) is 0.237. The van der Waals surface area contributed by atoms with Gasteiger partial charge in [0, 0.05) is 19.3 Å². The van der Waals surface area contributed by atoms with Crippen LogP contribution in [0.1, 0.15) is 10.5 Å². The van der Waals surface area contributed by atoms with E-state index in [9.17, 15) is 14.4 Å². The second-order valence-corrected chi connectivity index (χ2v) is 3.57. The first-order valence-corrected chi connectivity index (χ1v) is 5.35. The van der Waals surface area contributed by atoms with E-state index >= 15 is 0 Å². The molecule has 3 amide bonds. The quantitative estimate of drug-likeness (QED) is 0.749. The van der Waals surface area contributed by atoms with E-state index in [0.29, 0.717) is 13.1 Å².